The number of oxazole rings is 1. The summed E-state index contributed by atoms with van der Waals surface area (Å²) in [4.78, 5) is 20.0. The molecule has 118 valence electrons. The molecule has 1 atom stereocenters. The first-order valence-electron chi connectivity index (χ1n) is 7.92. The second-order valence-electron chi connectivity index (χ2n) is 5.89. The second-order valence-corrected chi connectivity index (χ2v) is 6.84. The van der Waals surface area contributed by atoms with Crippen molar-refractivity contribution in [2.75, 3.05) is 13.1 Å². The Kier molecular flexibility index (Phi) is 4.74. The Bertz CT molecular complexity index is 633. The van der Waals surface area contributed by atoms with Gasteiger partial charge in [0.05, 0.1) is 10.6 Å². The molecule has 2 aromatic heterocycles. The van der Waals surface area contributed by atoms with E-state index in [2.05, 4.69) is 9.88 Å². The number of thiophene rings is 1. The fourth-order valence-electron chi connectivity index (χ4n) is 3.04. The van der Waals surface area contributed by atoms with Gasteiger partial charge in [0.25, 0.3) is 0 Å². The van der Waals surface area contributed by atoms with E-state index in [0.717, 1.165) is 48.8 Å². The van der Waals surface area contributed by atoms with Crippen LogP contribution in [-0.4, -0.2) is 28.8 Å². The third kappa shape index (κ3) is 3.31. The molecule has 0 aliphatic carbocycles. The first kappa shape index (κ1) is 15.4. The Morgan fingerprint density at radius 2 is 2.41 bits per heavy atom. The zero-order valence-corrected chi connectivity index (χ0v) is 14.0. The van der Waals surface area contributed by atoms with E-state index in [1.165, 1.54) is 0 Å². The standard InChI is InChI=1S/C17H22N2O2S/c1-3-15(20)13-6-4-8-19(10-13)11-14-12(2)21-17(18-14)16-7-5-9-22-16/h5,7,9,13H,3-4,6,8,10-11H2,1-2H3. The van der Waals surface area contributed by atoms with Gasteiger partial charge >= 0.3 is 0 Å². The quantitative estimate of drug-likeness (QED) is 0.839. The first-order chi connectivity index (χ1) is 10.7. The van der Waals surface area contributed by atoms with Crippen molar-refractivity contribution in [3.63, 3.8) is 0 Å². The molecule has 3 rings (SSSR count). The number of piperidine rings is 1. The Morgan fingerprint density at radius 3 is 3.14 bits per heavy atom. The summed E-state index contributed by atoms with van der Waals surface area (Å²) in [5.74, 6) is 2.18. The Labute approximate surface area is 135 Å². The summed E-state index contributed by atoms with van der Waals surface area (Å²) in [5.41, 5.74) is 0.994. The van der Waals surface area contributed by atoms with Crippen LogP contribution in [0.25, 0.3) is 10.8 Å². The molecule has 1 unspecified atom stereocenters. The lowest BCUT2D eigenvalue weighted by molar-refractivity contribution is -0.124. The SMILES string of the molecule is CCC(=O)C1CCCN(Cc2nc(-c3cccs3)oc2C)C1. The van der Waals surface area contributed by atoms with Gasteiger partial charge in [-0.15, -0.1) is 11.3 Å². The van der Waals surface area contributed by atoms with Crippen molar-refractivity contribution in [3.8, 4) is 10.8 Å². The van der Waals surface area contributed by atoms with Gasteiger partial charge in [0.1, 0.15) is 11.5 Å². The number of ketones is 1. The summed E-state index contributed by atoms with van der Waals surface area (Å²) >= 11 is 1.64. The number of Topliss-reactive ketones (excluding diaryl/α,β-unsaturated/α-hetero) is 1. The summed E-state index contributed by atoms with van der Waals surface area (Å²) in [6.45, 7) is 6.59. The number of likely N-dealkylation sites (tertiary alicyclic amines) is 1. The predicted molar refractivity (Wildman–Crippen MR) is 87.9 cm³/mol. The Morgan fingerprint density at radius 1 is 1.55 bits per heavy atom. The molecule has 0 N–H and O–H groups in total. The fourth-order valence-corrected chi connectivity index (χ4v) is 3.69. The average molecular weight is 318 g/mol. The number of carbonyl (C=O) groups is 1. The molecule has 3 heterocycles. The zero-order chi connectivity index (χ0) is 15.5. The molecule has 1 saturated heterocycles. The van der Waals surface area contributed by atoms with Crippen LogP contribution in [0.2, 0.25) is 0 Å². The lowest BCUT2D eigenvalue weighted by Crippen LogP contribution is -2.38. The minimum atomic E-state index is 0.197. The van der Waals surface area contributed by atoms with Crippen molar-refractivity contribution in [2.45, 2.75) is 39.7 Å². The van der Waals surface area contributed by atoms with Gasteiger partial charge in [-0.1, -0.05) is 13.0 Å². The maximum atomic E-state index is 11.9. The van der Waals surface area contributed by atoms with E-state index in [4.69, 9.17) is 4.42 Å². The molecular weight excluding hydrogens is 296 g/mol. The Balaban J connectivity index is 1.69. The van der Waals surface area contributed by atoms with Gasteiger partial charge in [0.2, 0.25) is 5.89 Å². The molecule has 0 amide bonds. The summed E-state index contributed by atoms with van der Waals surface area (Å²) in [5, 5.41) is 2.03. The molecule has 4 nitrogen and oxygen atoms in total. The van der Waals surface area contributed by atoms with E-state index in [1.54, 1.807) is 11.3 Å². The van der Waals surface area contributed by atoms with E-state index in [-0.39, 0.29) is 5.92 Å². The van der Waals surface area contributed by atoms with Crippen LogP contribution in [0, 0.1) is 12.8 Å². The highest BCUT2D eigenvalue weighted by Gasteiger charge is 2.25. The summed E-state index contributed by atoms with van der Waals surface area (Å²) in [6, 6.07) is 4.03. The first-order valence-corrected chi connectivity index (χ1v) is 8.80. The van der Waals surface area contributed by atoms with Crippen LogP contribution in [-0.2, 0) is 11.3 Å². The molecule has 0 radical (unpaired) electrons. The molecule has 22 heavy (non-hydrogen) atoms. The number of aryl methyl sites for hydroxylation is 1. The highest BCUT2D eigenvalue weighted by molar-refractivity contribution is 7.13. The van der Waals surface area contributed by atoms with Crippen LogP contribution in [0.1, 0.15) is 37.6 Å². The van der Waals surface area contributed by atoms with E-state index in [1.807, 2.05) is 31.4 Å². The van der Waals surface area contributed by atoms with Crippen molar-refractivity contribution in [3.05, 3.63) is 29.0 Å². The van der Waals surface area contributed by atoms with Crippen LogP contribution < -0.4 is 0 Å². The minimum Gasteiger partial charge on any atom is -0.440 e. The van der Waals surface area contributed by atoms with Crippen molar-refractivity contribution in [1.29, 1.82) is 0 Å². The number of hydrogen-bond donors (Lipinski definition) is 0. The number of nitrogens with zero attached hydrogens (tertiary/aromatic N) is 2. The Hall–Kier alpha value is -1.46. The fraction of sp³-hybridized carbons (Fsp3) is 0.529. The van der Waals surface area contributed by atoms with Gasteiger partial charge in [0, 0.05) is 25.4 Å². The summed E-state index contributed by atoms with van der Waals surface area (Å²) in [6.07, 6.45) is 2.76. The van der Waals surface area contributed by atoms with Crippen molar-refractivity contribution in [2.24, 2.45) is 5.92 Å². The zero-order valence-electron chi connectivity index (χ0n) is 13.2. The van der Waals surface area contributed by atoms with Gasteiger partial charge < -0.3 is 4.42 Å². The van der Waals surface area contributed by atoms with Gasteiger partial charge in [-0.3, -0.25) is 9.69 Å². The molecule has 5 heteroatoms. The molecule has 2 aromatic rings. The summed E-state index contributed by atoms with van der Waals surface area (Å²) in [7, 11) is 0. The number of rotatable bonds is 5. The maximum Gasteiger partial charge on any atom is 0.236 e. The van der Waals surface area contributed by atoms with Crippen LogP contribution in [0.3, 0.4) is 0 Å². The van der Waals surface area contributed by atoms with E-state index in [9.17, 15) is 4.79 Å². The monoisotopic (exact) mass is 318 g/mol. The predicted octanol–water partition coefficient (Wildman–Crippen LogP) is 3.90. The van der Waals surface area contributed by atoms with Crippen LogP contribution in [0.15, 0.2) is 21.9 Å². The highest BCUT2D eigenvalue weighted by atomic mass is 32.1. The van der Waals surface area contributed by atoms with E-state index >= 15 is 0 Å². The summed E-state index contributed by atoms with van der Waals surface area (Å²) < 4.78 is 5.80. The minimum absolute atomic E-state index is 0.197. The van der Waals surface area contributed by atoms with Gasteiger partial charge in [-0.05, 0) is 37.8 Å². The molecule has 1 aliphatic heterocycles. The largest absolute Gasteiger partial charge is 0.440 e. The van der Waals surface area contributed by atoms with Crippen molar-refractivity contribution in [1.82, 2.24) is 9.88 Å². The number of aromatic nitrogens is 1. The highest BCUT2D eigenvalue weighted by Crippen LogP contribution is 2.27. The smallest absolute Gasteiger partial charge is 0.236 e. The van der Waals surface area contributed by atoms with E-state index in [0.29, 0.717) is 18.1 Å². The van der Waals surface area contributed by atoms with Crippen molar-refractivity contribution >= 4 is 17.1 Å². The average Bonchev–Trinajstić information content (AvgIpc) is 3.17. The number of hydrogen-bond acceptors (Lipinski definition) is 5. The van der Waals surface area contributed by atoms with Crippen molar-refractivity contribution < 1.29 is 9.21 Å². The molecule has 1 fully saturated rings. The topological polar surface area (TPSA) is 46.3 Å². The molecular formula is C17H22N2O2S. The van der Waals surface area contributed by atoms with Gasteiger partial charge in [-0.2, -0.15) is 0 Å². The van der Waals surface area contributed by atoms with Crippen LogP contribution in [0.4, 0.5) is 0 Å². The molecule has 0 saturated carbocycles. The van der Waals surface area contributed by atoms with Gasteiger partial charge in [0.15, 0.2) is 0 Å². The lowest BCUT2D eigenvalue weighted by atomic mass is 9.92. The van der Waals surface area contributed by atoms with Crippen LogP contribution in [0.5, 0.6) is 0 Å². The molecule has 0 spiro atoms. The molecule has 1 aliphatic rings. The maximum absolute atomic E-state index is 11.9. The lowest BCUT2D eigenvalue weighted by Gasteiger charge is -2.31. The normalized spacial score (nSPS) is 19.5. The van der Waals surface area contributed by atoms with E-state index < -0.39 is 0 Å². The molecule has 0 aromatic carbocycles. The third-order valence-electron chi connectivity index (χ3n) is 4.31. The van der Waals surface area contributed by atoms with Crippen LogP contribution >= 0.6 is 11.3 Å². The van der Waals surface area contributed by atoms with Gasteiger partial charge in [-0.25, -0.2) is 4.98 Å². The number of carbonyl (C=O) groups excluding carboxylic acids is 1. The molecule has 0 bridgehead atoms. The second kappa shape index (κ2) is 6.75. The third-order valence-corrected chi connectivity index (χ3v) is 5.17.